The summed E-state index contributed by atoms with van der Waals surface area (Å²) in [5, 5.41) is 7.78. The molecule has 1 heteroatoms. The van der Waals surface area contributed by atoms with E-state index in [1.165, 1.54) is 82.5 Å². The Balaban J connectivity index is 1.14. The van der Waals surface area contributed by atoms with E-state index in [-0.39, 0.29) is 5.41 Å². The fourth-order valence-corrected chi connectivity index (χ4v) is 9.93. The molecule has 9 aromatic carbocycles. The van der Waals surface area contributed by atoms with Gasteiger partial charge in [0, 0.05) is 22.2 Å². The first kappa shape index (κ1) is 30.2. The zero-order valence-electron chi connectivity index (χ0n) is 29.8. The topological polar surface area (TPSA) is 3.24 Å². The fourth-order valence-electron chi connectivity index (χ4n) is 9.93. The molecular weight excluding hydrogens is 639 g/mol. The number of hydrogen-bond donors (Lipinski definition) is 0. The van der Waals surface area contributed by atoms with Gasteiger partial charge in [-0.05, 0) is 102 Å². The second-order valence-electron chi connectivity index (χ2n) is 15.3. The molecule has 0 heterocycles. The number of rotatable bonds is 5. The van der Waals surface area contributed by atoms with Gasteiger partial charge in [-0.25, -0.2) is 0 Å². The van der Waals surface area contributed by atoms with Crippen molar-refractivity contribution in [1.82, 2.24) is 0 Å². The second kappa shape index (κ2) is 11.0. The molecule has 0 amide bonds. The van der Waals surface area contributed by atoms with Crippen LogP contribution in [0.3, 0.4) is 0 Å². The van der Waals surface area contributed by atoms with Crippen molar-refractivity contribution in [3.05, 3.63) is 221 Å². The van der Waals surface area contributed by atoms with E-state index in [0.717, 1.165) is 11.4 Å². The van der Waals surface area contributed by atoms with Crippen LogP contribution in [-0.4, -0.2) is 0 Å². The fraction of sp³-hybridized carbons (Fsp3) is 0.0769. The van der Waals surface area contributed by atoms with E-state index in [1.807, 2.05) is 0 Å². The van der Waals surface area contributed by atoms with Gasteiger partial charge in [0.15, 0.2) is 0 Å². The molecule has 1 nitrogen and oxygen atoms in total. The maximum Gasteiger partial charge on any atom is 0.0714 e. The van der Waals surface area contributed by atoms with E-state index in [0.29, 0.717) is 0 Å². The minimum absolute atomic E-state index is 0.0994. The summed E-state index contributed by atoms with van der Waals surface area (Å²) in [6, 6.07) is 70.3. The molecule has 0 fully saturated rings. The standard InChI is InChI=1S/C52H37N/c1-51(2)44-21-9-8-20-42(44)43-32-31-40(33-47(43)51)53(48-24-12-14-34-13-6-7-19-41(34)48)39-29-27-38(28-30-39)52(37-17-4-3-5-18-37)45-22-10-15-35-25-26-36-16-11-23-46(52)50(36)49(35)45/h3-33H,1-2H3. The maximum atomic E-state index is 2.46. The summed E-state index contributed by atoms with van der Waals surface area (Å²) in [7, 11) is 0. The van der Waals surface area contributed by atoms with E-state index in [2.05, 4.69) is 207 Å². The summed E-state index contributed by atoms with van der Waals surface area (Å²) in [4.78, 5) is 2.46. The van der Waals surface area contributed by atoms with Gasteiger partial charge in [-0.1, -0.05) is 172 Å². The molecule has 0 spiro atoms. The van der Waals surface area contributed by atoms with E-state index >= 15 is 0 Å². The SMILES string of the molecule is CC1(C)c2ccccc2-c2ccc(N(c3ccc(C4(c5ccccc5)c5cccc6ccc7cccc4c7c56)cc3)c3cccc4ccccc34)cc21. The highest BCUT2D eigenvalue weighted by molar-refractivity contribution is 6.16. The van der Waals surface area contributed by atoms with Crippen molar-refractivity contribution >= 4 is 49.4 Å². The number of fused-ring (bicyclic) bond motifs is 4. The van der Waals surface area contributed by atoms with Crippen LogP contribution in [-0.2, 0) is 10.8 Å². The molecule has 0 radical (unpaired) electrons. The molecule has 0 aromatic heterocycles. The van der Waals surface area contributed by atoms with Crippen molar-refractivity contribution in [2.45, 2.75) is 24.7 Å². The largest absolute Gasteiger partial charge is 0.310 e. The highest BCUT2D eigenvalue weighted by atomic mass is 15.1. The summed E-state index contributed by atoms with van der Waals surface area (Å²) < 4.78 is 0. The Hall–Kier alpha value is -6.44. The Morgan fingerprint density at radius 3 is 1.68 bits per heavy atom. The van der Waals surface area contributed by atoms with Crippen molar-refractivity contribution < 1.29 is 0 Å². The molecule has 0 unspecified atom stereocenters. The summed E-state index contributed by atoms with van der Waals surface area (Å²) in [5.41, 5.74) is 13.6. The smallest absolute Gasteiger partial charge is 0.0714 e. The first-order valence-electron chi connectivity index (χ1n) is 18.7. The molecule has 0 bridgehead atoms. The van der Waals surface area contributed by atoms with Crippen LogP contribution in [0.25, 0.3) is 43.4 Å². The van der Waals surface area contributed by atoms with Crippen LogP contribution in [0.2, 0.25) is 0 Å². The van der Waals surface area contributed by atoms with Gasteiger partial charge >= 0.3 is 0 Å². The zero-order chi connectivity index (χ0) is 35.3. The monoisotopic (exact) mass is 675 g/mol. The summed E-state index contributed by atoms with van der Waals surface area (Å²) in [5.74, 6) is 0. The lowest BCUT2D eigenvalue weighted by molar-refractivity contribution is 0.660. The zero-order valence-corrected chi connectivity index (χ0v) is 29.8. The Morgan fingerprint density at radius 1 is 0.377 bits per heavy atom. The van der Waals surface area contributed by atoms with Gasteiger partial charge in [0.25, 0.3) is 0 Å². The minimum atomic E-state index is -0.448. The summed E-state index contributed by atoms with van der Waals surface area (Å²) in [6.07, 6.45) is 0. The van der Waals surface area contributed by atoms with Gasteiger partial charge in [0.2, 0.25) is 0 Å². The number of hydrogen-bond acceptors (Lipinski definition) is 1. The van der Waals surface area contributed by atoms with E-state index < -0.39 is 5.41 Å². The number of anilines is 3. The van der Waals surface area contributed by atoms with Gasteiger partial charge in [-0.2, -0.15) is 0 Å². The summed E-state index contributed by atoms with van der Waals surface area (Å²) >= 11 is 0. The van der Waals surface area contributed by atoms with Gasteiger partial charge in [-0.15, -0.1) is 0 Å². The third kappa shape index (κ3) is 4.08. The highest BCUT2D eigenvalue weighted by Gasteiger charge is 2.45. The lowest BCUT2D eigenvalue weighted by Gasteiger charge is -2.35. The summed E-state index contributed by atoms with van der Waals surface area (Å²) in [6.45, 7) is 4.73. The van der Waals surface area contributed by atoms with Crippen LogP contribution in [0.5, 0.6) is 0 Å². The van der Waals surface area contributed by atoms with Crippen molar-refractivity contribution in [3.63, 3.8) is 0 Å². The predicted octanol–water partition coefficient (Wildman–Crippen LogP) is 13.6. The molecule has 0 aliphatic heterocycles. The molecule has 53 heavy (non-hydrogen) atoms. The molecule has 2 aliphatic rings. The number of nitrogens with zero attached hydrogens (tertiary/aromatic N) is 1. The van der Waals surface area contributed by atoms with E-state index in [1.54, 1.807) is 0 Å². The van der Waals surface area contributed by atoms with Crippen LogP contribution in [0.1, 0.15) is 47.2 Å². The van der Waals surface area contributed by atoms with Crippen LogP contribution < -0.4 is 4.90 Å². The number of benzene rings is 9. The maximum absolute atomic E-state index is 2.46. The molecule has 250 valence electrons. The van der Waals surface area contributed by atoms with Crippen molar-refractivity contribution in [2.75, 3.05) is 4.90 Å². The minimum Gasteiger partial charge on any atom is -0.310 e. The highest BCUT2D eigenvalue weighted by Crippen LogP contribution is 2.56. The molecule has 11 rings (SSSR count). The van der Waals surface area contributed by atoms with Gasteiger partial charge in [0.05, 0.1) is 11.1 Å². The average Bonchev–Trinajstić information content (AvgIpc) is 3.65. The van der Waals surface area contributed by atoms with Crippen molar-refractivity contribution in [3.8, 4) is 11.1 Å². The van der Waals surface area contributed by atoms with Crippen LogP contribution in [0.4, 0.5) is 17.1 Å². The molecule has 0 saturated carbocycles. The Morgan fingerprint density at radius 2 is 0.925 bits per heavy atom. The normalized spacial score (nSPS) is 14.5. The Kier molecular flexibility index (Phi) is 6.29. The first-order valence-corrected chi connectivity index (χ1v) is 18.7. The van der Waals surface area contributed by atoms with E-state index in [4.69, 9.17) is 0 Å². The van der Waals surface area contributed by atoms with Crippen LogP contribution >= 0.6 is 0 Å². The lowest BCUT2D eigenvalue weighted by atomic mass is 9.67. The van der Waals surface area contributed by atoms with Crippen LogP contribution in [0.15, 0.2) is 188 Å². The third-order valence-corrected chi connectivity index (χ3v) is 12.3. The molecule has 0 atom stereocenters. The first-order chi connectivity index (χ1) is 26.0. The van der Waals surface area contributed by atoms with Crippen molar-refractivity contribution in [1.29, 1.82) is 0 Å². The average molecular weight is 676 g/mol. The van der Waals surface area contributed by atoms with Crippen molar-refractivity contribution in [2.24, 2.45) is 0 Å². The van der Waals surface area contributed by atoms with Gasteiger partial charge in [-0.3, -0.25) is 0 Å². The molecule has 0 N–H and O–H groups in total. The second-order valence-corrected chi connectivity index (χ2v) is 15.3. The molecule has 0 saturated heterocycles. The lowest BCUT2D eigenvalue weighted by Crippen LogP contribution is -2.28. The predicted molar refractivity (Wildman–Crippen MR) is 223 cm³/mol. The Labute approximate surface area is 310 Å². The Bertz CT molecular complexity index is 2850. The third-order valence-electron chi connectivity index (χ3n) is 12.3. The van der Waals surface area contributed by atoms with E-state index in [9.17, 15) is 0 Å². The molecule has 2 aliphatic carbocycles. The molecular formula is C52H37N. The quantitative estimate of drug-likeness (QED) is 0.164. The van der Waals surface area contributed by atoms with Crippen LogP contribution in [0, 0.1) is 0 Å². The van der Waals surface area contributed by atoms with Gasteiger partial charge in [0.1, 0.15) is 0 Å². The van der Waals surface area contributed by atoms with Gasteiger partial charge < -0.3 is 4.90 Å². The molecule has 9 aromatic rings.